The molecular weight excluding hydrogens is 483 g/mol. The molecule has 13 heteroatoms. The highest BCUT2D eigenvalue weighted by Crippen LogP contribution is 2.36. The number of benzene rings is 2. The minimum absolute atomic E-state index is 0.0241. The molecule has 4 aromatic rings. The molecular formula is C22H20F3N7O2S. The number of nitrogens with one attached hydrogen (secondary N) is 1. The molecule has 0 aliphatic heterocycles. The van der Waals surface area contributed by atoms with Crippen LogP contribution in [0.3, 0.4) is 0 Å². The number of hydrogen-bond acceptors (Lipinski definition) is 7. The van der Waals surface area contributed by atoms with E-state index in [-0.39, 0.29) is 17.2 Å². The van der Waals surface area contributed by atoms with Crippen LogP contribution in [-0.2, 0) is 15.6 Å². The Balaban J connectivity index is 1.86. The highest BCUT2D eigenvalue weighted by atomic mass is 32.2. The Bertz CT molecular complexity index is 1510. The molecule has 0 unspecified atom stereocenters. The Morgan fingerprint density at radius 3 is 2.29 bits per heavy atom. The van der Waals surface area contributed by atoms with Crippen LogP contribution in [0.5, 0.6) is 0 Å². The Kier molecular flexibility index (Phi) is 5.97. The lowest BCUT2D eigenvalue weighted by Crippen LogP contribution is -2.24. The Hall–Kier alpha value is -4.00. The van der Waals surface area contributed by atoms with Gasteiger partial charge in [-0.05, 0) is 51.1 Å². The topological polar surface area (TPSA) is 129 Å². The third-order valence-corrected chi connectivity index (χ3v) is 6.32. The van der Waals surface area contributed by atoms with E-state index in [2.05, 4.69) is 20.3 Å². The van der Waals surface area contributed by atoms with E-state index in [1.165, 1.54) is 23.0 Å². The highest BCUT2D eigenvalue weighted by Gasteiger charge is 2.29. The lowest BCUT2D eigenvalue weighted by Gasteiger charge is -2.21. The molecule has 2 aromatic carbocycles. The highest BCUT2D eigenvalue weighted by molar-refractivity contribution is 7.92. The maximum atomic E-state index is 15.6. The second kappa shape index (κ2) is 8.65. The van der Waals surface area contributed by atoms with E-state index in [4.69, 9.17) is 5.73 Å². The monoisotopic (exact) mass is 503 g/mol. The molecule has 0 fully saturated rings. The summed E-state index contributed by atoms with van der Waals surface area (Å²) >= 11 is 0. The molecule has 0 bridgehead atoms. The molecule has 2 heterocycles. The van der Waals surface area contributed by atoms with Crippen molar-refractivity contribution in [3.05, 3.63) is 66.1 Å². The van der Waals surface area contributed by atoms with Crippen LogP contribution in [0, 0.1) is 17.5 Å². The van der Waals surface area contributed by atoms with Crippen LogP contribution in [0.25, 0.3) is 22.6 Å². The summed E-state index contributed by atoms with van der Waals surface area (Å²) in [5.74, 6) is -3.68. The van der Waals surface area contributed by atoms with Crippen molar-refractivity contribution in [2.24, 2.45) is 0 Å². The number of aromatic nitrogens is 5. The van der Waals surface area contributed by atoms with Crippen molar-refractivity contribution in [1.29, 1.82) is 0 Å². The largest absolute Gasteiger partial charge is 0.368 e. The second-order valence-corrected chi connectivity index (χ2v) is 10.1. The van der Waals surface area contributed by atoms with Gasteiger partial charge in [0.05, 0.1) is 16.9 Å². The first-order valence-electron chi connectivity index (χ1n) is 10.2. The zero-order valence-electron chi connectivity index (χ0n) is 18.8. The minimum atomic E-state index is -4.80. The van der Waals surface area contributed by atoms with Gasteiger partial charge in [0.15, 0.2) is 10.7 Å². The molecule has 4 rings (SSSR count). The zero-order chi connectivity index (χ0) is 25.5. The first-order valence-corrected chi connectivity index (χ1v) is 11.7. The Morgan fingerprint density at radius 1 is 1.00 bits per heavy atom. The van der Waals surface area contributed by atoms with Gasteiger partial charge in [-0.2, -0.15) is 0 Å². The number of anilines is 2. The van der Waals surface area contributed by atoms with Crippen molar-refractivity contribution in [3.63, 3.8) is 0 Å². The van der Waals surface area contributed by atoms with Crippen LogP contribution in [0.2, 0.25) is 0 Å². The van der Waals surface area contributed by atoms with Crippen LogP contribution < -0.4 is 10.5 Å². The third-order valence-electron chi connectivity index (χ3n) is 4.91. The Morgan fingerprint density at radius 2 is 1.66 bits per heavy atom. The zero-order valence-corrected chi connectivity index (χ0v) is 19.6. The number of hydrogen-bond donors (Lipinski definition) is 2. The molecule has 35 heavy (non-hydrogen) atoms. The maximum absolute atomic E-state index is 15.6. The predicted molar refractivity (Wildman–Crippen MR) is 123 cm³/mol. The summed E-state index contributed by atoms with van der Waals surface area (Å²) in [6.07, 6.45) is 1.42. The van der Waals surface area contributed by atoms with Crippen molar-refractivity contribution < 1.29 is 21.6 Å². The van der Waals surface area contributed by atoms with Gasteiger partial charge in [-0.3, -0.25) is 4.72 Å². The van der Waals surface area contributed by atoms with Crippen LogP contribution >= 0.6 is 0 Å². The summed E-state index contributed by atoms with van der Waals surface area (Å²) < 4.78 is 72.6. The van der Waals surface area contributed by atoms with Crippen molar-refractivity contribution in [2.75, 3.05) is 10.5 Å². The van der Waals surface area contributed by atoms with E-state index in [0.29, 0.717) is 11.4 Å². The molecule has 0 aliphatic rings. The van der Waals surface area contributed by atoms with Crippen molar-refractivity contribution in [3.8, 4) is 22.6 Å². The number of sulfonamides is 1. The fourth-order valence-corrected chi connectivity index (χ4v) is 4.60. The molecule has 0 radical (unpaired) electrons. The number of halogens is 3. The molecule has 0 saturated heterocycles. The lowest BCUT2D eigenvalue weighted by molar-refractivity contribution is 0.350. The number of nitrogens with two attached hydrogens (primary N) is 1. The molecule has 0 atom stereocenters. The van der Waals surface area contributed by atoms with E-state index in [1.807, 2.05) is 25.5 Å². The quantitative estimate of drug-likeness (QED) is 0.422. The molecule has 0 spiro atoms. The minimum Gasteiger partial charge on any atom is -0.368 e. The van der Waals surface area contributed by atoms with Crippen molar-refractivity contribution in [2.45, 2.75) is 31.2 Å². The average molecular weight is 504 g/mol. The Labute approximate surface area is 198 Å². The SMILES string of the molecule is CC(C)(C)n1nnc(-c2cccc(NS(=O)(=O)c3c(F)cccc3F)c2F)c1-c1ccnc(N)n1. The summed E-state index contributed by atoms with van der Waals surface area (Å²) in [6.45, 7) is 5.55. The summed E-state index contributed by atoms with van der Waals surface area (Å²) in [5, 5.41) is 8.27. The van der Waals surface area contributed by atoms with Crippen LogP contribution in [-0.4, -0.2) is 33.4 Å². The number of nitrogen functional groups attached to an aromatic ring is 1. The third kappa shape index (κ3) is 4.54. The molecule has 2 aromatic heterocycles. The van der Waals surface area contributed by atoms with Gasteiger partial charge in [0.25, 0.3) is 10.0 Å². The summed E-state index contributed by atoms with van der Waals surface area (Å²) in [5.41, 5.74) is 5.14. The van der Waals surface area contributed by atoms with Gasteiger partial charge >= 0.3 is 0 Å². The fraction of sp³-hybridized carbons (Fsp3) is 0.182. The molecule has 0 aliphatic carbocycles. The van der Waals surface area contributed by atoms with Crippen LogP contribution in [0.1, 0.15) is 20.8 Å². The smallest absolute Gasteiger partial charge is 0.267 e. The van der Waals surface area contributed by atoms with Gasteiger partial charge in [-0.1, -0.05) is 17.3 Å². The van der Waals surface area contributed by atoms with Crippen molar-refractivity contribution in [1.82, 2.24) is 25.0 Å². The van der Waals surface area contributed by atoms with E-state index >= 15 is 4.39 Å². The lowest BCUT2D eigenvalue weighted by atomic mass is 10.0. The molecule has 9 nitrogen and oxygen atoms in total. The molecule has 182 valence electrons. The fourth-order valence-electron chi connectivity index (χ4n) is 3.40. The van der Waals surface area contributed by atoms with E-state index in [9.17, 15) is 17.2 Å². The predicted octanol–water partition coefficient (Wildman–Crippen LogP) is 3.96. The molecule has 0 saturated carbocycles. The van der Waals surface area contributed by atoms with E-state index in [0.717, 1.165) is 24.3 Å². The number of nitrogens with zero attached hydrogens (tertiary/aromatic N) is 5. The molecule has 0 amide bonds. The van der Waals surface area contributed by atoms with E-state index < -0.39 is 43.6 Å². The summed E-state index contributed by atoms with van der Waals surface area (Å²) in [4.78, 5) is 6.84. The normalized spacial score (nSPS) is 12.1. The van der Waals surface area contributed by atoms with Gasteiger partial charge in [-0.15, -0.1) is 5.10 Å². The molecule has 3 N–H and O–H groups in total. The van der Waals surface area contributed by atoms with Gasteiger partial charge < -0.3 is 5.73 Å². The first kappa shape index (κ1) is 24.1. The van der Waals surface area contributed by atoms with Gasteiger partial charge in [-0.25, -0.2) is 36.2 Å². The summed E-state index contributed by atoms with van der Waals surface area (Å²) in [7, 11) is -4.80. The van der Waals surface area contributed by atoms with Gasteiger partial charge in [0.1, 0.15) is 23.0 Å². The van der Waals surface area contributed by atoms with Crippen molar-refractivity contribution >= 4 is 21.7 Å². The van der Waals surface area contributed by atoms with Gasteiger partial charge in [0, 0.05) is 11.8 Å². The van der Waals surface area contributed by atoms with E-state index in [1.54, 1.807) is 6.07 Å². The number of rotatable bonds is 5. The van der Waals surface area contributed by atoms with Crippen LogP contribution in [0.4, 0.5) is 24.8 Å². The van der Waals surface area contributed by atoms with Crippen LogP contribution in [0.15, 0.2) is 53.6 Å². The first-order chi connectivity index (χ1) is 16.4. The second-order valence-electron chi connectivity index (χ2n) is 8.49. The maximum Gasteiger partial charge on any atom is 0.267 e. The summed E-state index contributed by atoms with van der Waals surface area (Å²) in [6, 6.07) is 7.98. The standard InChI is InChI=1S/C22H20F3N7O2S/c1-22(2,3)32-19(16-10-11-27-21(26)28-16)18(29-31-32)12-6-4-9-15(17(12)25)30-35(33,34)20-13(23)7-5-8-14(20)24/h4-11,30H,1-3H3,(H2,26,27,28). The van der Waals surface area contributed by atoms with Gasteiger partial charge in [0.2, 0.25) is 5.95 Å². The average Bonchev–Trinajstić information content (AvgIpc) is 3.20.